The average molecular weight is 407 g/mol. The van der Waals surface area contributed by atoms with Gasteiger partial charge in [0, 0.05) is 17.3 Å². The highest BCUT2D eigenvalue weighted by Gasteiger charge is 2.19. The summed E-state index contributed by atoms with van der Waals surface area (Å²) in [4.78, 5) is 4.44. The Bertz CT molecular complexity index is 1220. The Morgan fingerprint density at radius 3 is 2.47 bits per heavy atom. The van der Waals surface area contributed by atoms with Gasteiger partial charge in [-0.1, -0.05) is 30.3 Å². The molecule has 0 atom stereocenters. The fourth-order valence-electron chi connectivity index (χ4n) is 3.04. The first-order valence-electron chi connectivity index (χ1n) is 9.32. The van der Waals surface area contributed by atoms with Crippen molar-refractivity contribution in [2.45, 2.75) is 20.4 Å². The number of ether oxygens (including phenoxy) is 1. The van der Waals surface area contributed by atoms with Crippen molar-refractivity contribution in [2.75, 3.05) is 6.61 Å². The lowest BCUT2D eigenvalue weighted by Gasteiger charge is -2.17. The van der Waals surface area contributed by atoms with Crippen molar-refractivity contribution in [1.82, 2.24) is 19.2 Å². The Kier molecular flexibility index (Phi) is 4.96. The maximum absolute atomic E-state index is 12.8. The molecule has 0 bridgehead atoms. The van der Waals surface area contributed by atoms with Gasteiger partial charge in [0.15, 0.2) is 5.88 Å². The monoisotopic (exact) mass is 407 g/mol. The molecule has 0 saturated heterocycles. The molecular weight excluding hydrogens is 388 g/mol. The lowest BCUT2D eigenvalue weighted by molar-refractivity contribution is 0.0566. The fourth-order valence-corrected chi connectivity index (χ4v) is 3.04. The van der Waals surface area contributed by atoms with E-state index < -0.39 is 12.0 Å². The van der Waals surface area contributed by atoms with Gasteiger partial charge in [0.25, 0.3) is 0 Å². The molecule has 0 fully saturated rings. The first-order chi connectivity index (χ1) is 14.4. The molecule has 0 N–H and O–H groups in total. The van der Waals surface area contributed by atoms with E-state index in [1.807, 2.05) is 60.7 Å². The summed E-state index contributed by atoms with van der Waals surface area (Å²) >= 11 is 0. The van der Waals surface area contributed by atoms with Crippen LogP contribution in [0.15, 0.2) is 61.1 Å². The lowest BCUT2D eigenvalue weighted by Crippen LogP contribution is -2.19. The normalized spacial score (nSPS) is 11.7. The number of rotatable bonds is 6. The molecule has 3 aromatic heterocycles. The van der Waals surface area contributed by atoms with E-state index in [4.69, 9.17) is 4.74 Å². The molecule has 30 heavy (non-hydrogen) atoms. The number of hydrogen-bond donors (Lipinski definition) is 0. The van der Waals surface area contributed by atoms with E-state index in [2.05, 4.69) is 16.2 Å². The second kappa shape index (κ2) is 7.59. The molecule has 3 heterocycles. The van der Waals surface area contributed by atoms with Crippen LogP contribution in [0.2, 0.25) is 0 Å². The summed E-state index contributed by atoms with van der Waals surface area (Å²) in [5, 5.41) is 12.9. The molecule has 0 spiro atoms. The number of benzene rings is 1. The SMILES string of the molecule is CC(C)(C#N)COc1cccc2ncc(-c3ccc(-c4cnn(C(F)F)c4)cc3)n12. The van der Waals surface area contributed by atoms with Crippen molar-refractivity contribution >= 4 is 5.65 Å². The van der Waals surface area contributed by atoms with Crippen LogP contribution >= 0.6 is 0 Å². The van der Waals surface area contributed by atoms with Gasteiger partial charge < -0.3 is 4.74 Å². The number of nitrogens with zero attached hydrogens (tertiary/aromatic N) is 5. The predicted molar refractivity (Wildman–Crippen MR) is 108 cm³/mol. The predicted octanol–water partition coefficient (Wildman–Crippen LogP) is 5.19. The van der Waals surface area contributed by atoms with Crippen molar-refractivity contribution in [2.24, 2.45) is 5.41 Å². The number of alkyl halides is 2. The molecule has 0 amide bonds. The summed E-state index contributed by atoms with van der Waals surface area (Å²) in [5.74, 6) is 0.589. The molecule has 4 aromatic rings. The number of imidazole rings is 1. The minimum absolute atomic E-state index is 0.243. The van der Waals surface area contributed by atoms with Crippen LogP contribution in [0.1, 0.15) is 20.4 Å². The zero-order chi connectivity index (χ0) is 21.3. The summed E-state index contributed by atoms with van der Waals surface area (Å²) in [6.45, 7) is 1.21. The number of aromatic nitrogens is 4. The molecule has 0 aliphatic heterocycles. The van der Waals surface area contributed by atoms with Crippen LogP contribution in [0, 0.1) is 16.7 Å². The van der Waals surface area contributed by atoms with Crippen LogP contribution in [0.4, 0.5) is 8.78 Å². The Morgan fingerprint density at radius 1 is 1.07 bits per heavy atom. The minimum atomic E-state index is -2.67. The second-order valence-electron chi connectivity index (χ2n) is 7.55. The molecule has 4 rings (SSSR count). The van der Waals surface area contributed by atoms with Crippen LogP contribution in [0.3, 0.4) is 0 Å². The van der Waals surface area contributed by atoms with Crippen LogP contribution in [0.5, 0.6) is 5.88 Å². The van der Waals surface area contributed by atoms with Gasteiger partial charge in [-0.2, -0.15) is 19.1 Å². The maximum Gasteiger partial charge on any atom is 0.333 e. The summed E-state index contributed by atoms with van der Waals surface area (Å²) in [6.07, 6.45) is 4.48. The molecule has 0 aliphatic rings. The van der Waals surface area contributed by atoms with E-state index in [9.17, 15) is 14.0 Å². The highest BCUT2D eigenvalue weighted by molar-refractivity contribution is 5.70. The summed E-state index contributed by atoms with van der Waals surface area (Å²) in [7, 11) is 0. The number of fused-ring (bicyclic) bond motifs is 1. The maximum atomic E-state index is 12.8. The van der Waals surface area contributed by atoms with Gasteiger partial charge in [0.1, 0.15) is 12.3 Å². The molecule has 0 radical (unpaired) electrons. The van der Waals surface area contributed by atoms with E-state index in [1.54, 1.807) is 6.20 Å². The van der Waals surface area contributed by atoms with E-state index >= 15 is 0 Å². The topological polar surface area (TPSA) is 68.1 Å². The van der Waals surface area contributed by atoms with E-state index in [1.165, 1.54) is 12.4 Å². The van der Waals surface area contributed by atoms with Gasteiger partial charge in [-0.15, -0.1) is 0 Å². The Hall–Kier alpha value is -3.73. The van der Waals surface area contributed by atoms with Crippen LogP contribution in [0.25, 0.3) is 28.0 Å². The molecule has 1 aromatic carbocycles. The minimum Gasteiger partial charge on any atom is -0.477 e. The molecule has 152 valence electrons. The standard InChI is InChI=1S/C22H19F2N5O/c1-22(2,13-25)14-30-20-5-3-4-19-26-11-18(29(19)20)16-8-6-15(7-9-16)17-10-27-28(12-17)21(23)24/h3-12,21H,14H2,1-2H3. The molecule has 0 unspecified atom stereocenters. The zero-order valence-electron chi connectivity index (χ0n) is 16.5. The number of nitriles is 1. The van der Waals surface area contributed by atoms with Crippen molar-refractivity contribution in [3.8, 4) is 34.3 Å². The third-order valence-electron chi connectivity index (χ3n) is 4.69. The molecule has 0 saturated carbocycles. The Morgan fingerprint density at radius 2 is 1.80 bits per heavy atom. The Labute approximate surface area is 172 Å². The van der Waals surface area contributed by atoms with E-state index in [0.717, 1.165) is 22.5 Å². The third-order valence-corrected chi connectivity index (χ3v) is 4.69. The van der Waals surface area contributed by atoms with E-state index in [-0.39, 0.29) is 6.61 Å². The van der Waals surface area contributed by atoms with Crippen molar-refractivity contribution in [3.05, 3.63) is 61.1 Å². The van der Waals surface area contributed by atoms with Gasteiger partial charge >= 0.3 is 6.55 Å². The van der Waals surface area contributed by atoms with Crippen molar-refractivity contribution < 1.29 is 13.5 Å². The van der Waals surface area contributed by atoms with Crippen molar-refractivity contribution in [1.29, 1.82) is 5.26 Å². The van der Waals surface area contributed by atoms with Crippen LogP contribution in [-0.4, -0.2) is 25.8 Å². The van der Waals surface area contributed by atoms with Gasteiger partial charge in [-0.25, -0.2) is 9.67 Å². The number of halogens is 2. The van der Waals surface area contributed by atoms with Gasteiger partial charge in [-0.3, -0.25) is 4.40 Å². The zero-order valence-corrected chi connectivity index (χ0v) is 16.5. The van der Waals surface area contributed by atoms with E-state index in [0.29, 0.717) is 16.1 Å². The summed E-state index contributed by atoms with van der Waals surface area (Å²) in [5.41, 5.74) is 3.22. The van der Waals surface area contributed by atoms with Crippen LogP contribution < -0.4 is 4.74 Å². The smallest absolute Gasteiger partial charge is 0.333 e. The third kappa shape index (κ3) is 3.74. The largest absolute Gasteiger partial charge is 0.477 e. The highest BCUT2D eigenvalue weighted by atomic mass is 19.3. The number of pyridine rings is 1. The lowest BCUT2D eigenvalue weighted by atomic mass is 9.98. The molecule has 6 nitrogen and oxygen atoms in total. The highest BCUT2D eigenvalue weighted by Crippen LogP contribution is 2.29. The number of hydrogen-bond acceptors (Lipinski definition) is 4. The fraction of sp³-hybridized carbons (Fsp3) is 0.227. The summed E-state index contributed by atoms with van der Waals surface area (Å²) < 4.78 is 33.9. The molecule has 0 aliphatic carbocycles. The quantitative estimate of drug-likeness (QED) is 0.441. The average Bonchev–Trinajstić information content (AvgIpc) is 3.40. The summed E-state index contributed by atoms with van der Waals surface area (Å²) in [6, 6.07) is 15.3. The van der Waals surface area contributed by atoms with Crippen molar-refractivity contribution in [3.63, 3.8) is 0 Å². The van der Waals surface area contributed by atoms with Gasteiger partial charge in [-0.05, 0) is 31.5 Å². The molecular formula is C22H19F2N5O. The first kappa shape index (κ1) is 19.6. The van der Waals surface area contributed by atoms with Crippen LogP contribution in [-0.2, 0) is 0 Å². The first-order valence-corrected chi connectivity index (χ1v) is 9.32. The molecule has 8 heteroatoms. The Balaban J connectivity index is 1.67. The van der Waals surface area contributed by atoms with Gasteiger partial charge in [0.05, 0.1) is 29.6 Å². The van der Waals surface area contributed by atoms with Gasteiger partial charge in [0.2, 0.25) is 0 Å². The second-order valence-corrected chi connectivity index (χ2v) is 7.55.